The average molecular weight is 490 g/mol. The van der Waals surface area contributed by atoms with Gasteiger partial charge in [0, 0.05) is 43.8 Å². The molecule has 0 N–H and O–H groups in total. The Morgan fingerprint density at radius 1 is 1.14 bits per heavy atom. The Morgan fingerprint density at radius 2 is 1.97 bits per heavy atom. The SMILES string of the molecule is CCCCOc1c2n(c(CC3(n4ccc5cccnc54)CCCC3)nc1=O)CCN(CC1CC1)C2=O. The summed E-state index contributed by atoms with van der Waals surface area (Å²) in [6.45, 7) is 4.55. The molecule has 0 atom stereocenters. The molecular weight excluding hydrogens is 454 g/mol. The third kappa shape index (κ3) is 4.10. The van der Waals surface area contributed by atoms with E-state index in [9.17, 15) is 9.59 Å². The van der Waals surface area contributed by atoms with E-state index in [-0.39, 0.29) is 17.2 Å². The minimum atomic E-state index is -0.419. The van der Waals surface area contributed by atoms with Crippen molar-refractivity contribution in [2.24, 2.45) is 5.92 Å². The van der Waals surface area contributed by atoms with Gasteiger partial charge in [-0.1, -0.05) is 26.2 Å². The molecule has 2 saturated carbocycles. The highest BCUT2D eigenvalue weighted by Crippen LogP contribution is 2.41. The molecule has 3 aliphatic rings. The molecule has 3 aromatic rings. The Balaban J connectivity index is 1.42. The summed E-state index contributed by atoms with van der Waals surface area (Å²) in [6.07, 6.45) is 12.9. The van der Waals surface area contributed by atoms with E-state index in [1.807, 2.05) is 21.7 Å². The molecule has 0 radical (unpaired) electrons. The first-order valence-corrected chi connectivity index (χ1v) is 13.6. The van der Waals surface area contributed by atoms with Crippen LogP contribution in [0.15, 0.2) is 35.4 Å². The highest BCUT2D eigenvalue weighted by Gasteiger charge is 2.40. The van der Waals surface area contributed by atoms with Crippen LogP contribution in [0.4, 0.5) is 0 Å². The molecule has 2 fully saturated rings. The Kier molecular flexibility index (Phi) is 6.05. The molecule has 0 aromatic carbocycles. The first-order chi connectivity index (χ1) is 17.6. The lowest BCUT2D eigenvalue weighted by Gasteiger charge is -2.35. The van der Waals surface area contributed by atoms with Crippen LogP contribution in [0.1, 0.15) is 74.6 Å². The topological polar surface area (TPSA) is 82.2 Å². The number of ether oxygens (including phenoxy) is 1. The van der Waals surface area contributed by atoms with Crippen LogP contribution < -0.4 is 10.3 Å². The Labute approximate surface area is 211 Å². The minimum Gasteiger partial charge on any atom is -0.486 e. The number of unbranched alkanes of at least 4 members (excludes halogenated alkanes) is 1. The Morgan fingerprint density at radius 3 is 2.75 bits per heavy atom. The summed E-state index contributed by atoms with van der Waals surface area (Å²) in [5.74, 6) is 1.33. The van der Waals surface area contributed by atoms with E-state index in [1.165, 1.54) is 12.8 Å². The van der Waals surface area contributed by atoms with Gasteiger partial charge in [0.25, 0.3) is 5.91 Å². The molecule has 6 rings (SSSR count). The largest absolute Gasteiger partial charge is 0.486 e. The van der Waals surface area contributed by atoms with Crippen molar-refractivity contribution in [2.45, 2.75) is 76.8 Å². The van der Waals surface area contributed by atoms with Crippen LogP contribution in [0.3, 0.4) is 0 Å². The van der Waals surface area contributed by atoms with Gasteiger partial charge in [-0.05, 0) is 56.2 Å². The zero-order valence-electron chi connectivity index (χ0n) is 21.1. The third-order valence-electron chi connectivity index (χ3n) is 8.21. The summed E-state index contributed by atoms with van der Waals surface area (Å²) < 4.78 is 10.2. The van der Waals surface area contributed by atoms with Crippen molar-refractivity contribution in [1.29, 1.82) is 0 Å². The number of hydrogen-bond donors (Lipinski definition) is 0. The van der Waals surface area contributed by atoms with E-state index in [2.05, 4.69) is 39.8 Å². The number of amides is 1. The van der Waals surface area contributed by atoms with Gasteiger partial charge in [0.2, 0.25) is 5.75 Å². The van der Waals surface area contributed by atoms with Crippen molar-refractivity contribution < 1.29 is 9.53 Å². The molecule has 1 aliphatic heterocycles. The number of hydrogen-bond acceptors (Lipinski definition) is 5. The number of carbonyl (C=O) groups is 1. The molecule has 190 valence electrons. The summed E-state index contributed by atoms with van der Waals surface area (Å²) in [5.41, 5.74) is 0.732. The number of rotatable bonds is 9. The second-order valence-corrected chi connectivity index (χ2v) is 10.8. The predicted octanol–water partition coefficient (Wildman–Crippen LogP) is 4.15. The van der Waals surface area contributed by atoms with Gasteiger partial charge in [0.1, 0.15) is 11.5 Å². The summed E-state index contributed by atoms with van der Waals surface area (Å²) in [4.78, 5) is 38.2. The minimum absolute atomic E-state index is 0.0889. The fraction of sp³-hybridized carbons (Fsp3) is 0.571. The van der Waals surface area contributed by atoms with Gasteiger partial charge in [-0.2, -0.15) is 4.98 Å². The summed E-state index contributed by atoms with van der Waals surface area (Å²) in [6, 6.07) is 6.16. The fourth-order valence-corrected chi connectivity index (χ4v) is 6.06. The van der Waals surface area contributed by atoms with Gasteiger partial charge in [-0.3, -0.25) is 9.59 Å². The van der Waals surface area contributed by atoms with Crippen molar-refractivity contribution in [2.75, 3.05) is 19.7 Å². The third-order valence-corrected chi connectivity index (χ3v) is 8.21. The molecule has 4 heterocycles. The molecule has 2 aliphatic carbocycles. The Bertz CT molecular complexity index is 1330. The van der Waals surface area contributed by atoms with Crippen molar-refractivity contribution in [3.63, 3.8) is 0 Å². The summed E-state index contributed by atoms with van der Waals surface area (Å²) >= 11 is 0. The number of pyridine rings is 1. The van der Waals surface area contributed by atoms with Gasteiger partial charge in [0.05, 0.1) is 12.1 Å². The molecular formula is C28H35N5O3. The first-order valence-electron chi connectivity index (χ1n) is 13.6. The quantitative estimate of drug-likeness (QED) is 0.422. The van der Waals surface area contributed by atoms with E-state index in [1.54, 1.807) is 0 Å². The number of fused-ring (bicyclic) bond motifs is 2. The maximum absolute atomic E-state index is 13.7. The van der Waals surface area contributed by atoms with Crippen molar-refractivity contribution in [1.82, 2.24) is 24.0 Å². The van der Waals surface area contributed by atoms with Crippen LogP contribution in [0.2, 0.25) is 0 Å². The molecule has 0 spiro atoms. The fourth-order valence-electron chi connectivity index (χ4n) is 6.06. The normalized spacial score (nSPS) is 19.1. The van der Waals surface area contributed by atoms with Gasteiger partial charge >= 0.3 is 5.56 Å². The van der Waals surface area contributed by atoms with Crippen LogP contribution in [0.25, 0.3) is 11.0 Å². The molecule has 0 unspecified atom stereocenters. The van der Waals surface area contributed by atoms with E-state index in [4.69, 9.17) is 4.74 Å². The van der Waals surface area contributed by atoms with E-state index in [0.717, 1.165) is 56.1 Å². The van der Waals surface area contributed by atoms with Crippen LogP contribution in [-0.2, 0) is 18.5 Å². The Hall–Kier alpha value is -3.16. The lowest BCUT2D eigenvalue weighted by atomic mass is 9.91. The molecule has 0 saturated heterocycles. The number of aromatic nitrogens is 4. The second-order valence-electron chi connectivity index (χ2n) is 10.8. The second kappa shape index (κ2) is 9.37. The zero-order valence-corrected chi connectivity index (χ0v) is 21.1. The van der Waals surface area contributed by atoms with Crippen molar-refractivity contribution in [3.05, 3.63) is 52.5 Å². The lowest BCUT2D eigenvalue weighted by molar-refractivity contribution is 0.0680. The van der Waals surface area contributed by atoms with E-state index in [0.29, 0.717) is 43.6 Å². The first kappa shape index (κ1) is 23.3. The van der Waals surface area contributed by atoms with Crippen LogP contribution in [0, 0.1) is 5.92 Å². The molecule has 0 bridgehead atoms. The monoisotopic (exact) mass is 489 g/mol. The highest BCUT2D eigenvalue weighted by atomic mass is 16.5. The van der Waals surface area contributed by atoms with E-state index < -0.39 is 5.56 Å². The van der Waals surface area contributed by atoms with Gasteiger partial charge < -0.3 is 18.8 Å². The molecule has 8 nitrogen and oxygen atoms in total. The number of nitrogens with zero attached hydrogens (tertiary/aromatic N) is 5. The van der Waals surface area contributed by atoms with Gasteiger partial charge in [0.15, 0.2) is 5.69 Å². The van der Waals surface area contributed by atoms with Crippen LogP contribution in [0.5, 0.6) is 5.75 Å². The standard InChI is InChI=1S/C28H35N5O3/c1-2-3-17-36-24-23-27(35)31(19-20-8-9-20)15-16-32(23)22(30-26(24)34)18-28(11-4-5-12-28)33-14-10-21-7-6-13-29-25(21)33/h6-7,10,13-14,20H,2-5,8-9,11-12,15-19H2,1H3. The van der Waals surface area contributed by atoms with E-state index >= 15 is 0 Å². The van der Waals surface area contributed by atoms with Crippen LogP contribution in [-0.4, -0.2) is 49.6 Å². The average Bonchev–Trinajstić information content (AvgIpc) is 3.39. The maximum Gasteiger partial charge on any atom is 0.316 e. The van der Waals surface area contributed by atoms with Crippen molar-refractivity contribution in [3.8, 4) is 5.75 Å². The smallest absolute Gasteiger partial charge is 0.316 e. The van der Waals surface area contributed by atoms with Gasteiger partial charge in [-0.25, -0.2) is 4.98 Å². The lowest BCUT2D eigenvalue weighted by Crippen LogP contribution is -2.45. The predicted molar refractivity (Wildman–Crippen MR) is 137 cm³/mol. The van der Waals surface area contributed by atoms with Crippen LogP contribution >= 0.6 is 0 Å². The zero-order chi connectivity index (χ0) is 24.7. The molecule has 3 aromatic heterocycles. The van der Waals surface area contributed by atoms with Gasteiger partial charge in [-0.15, -0.1) is 0 Å². The maximum atomic E-state index is 13.7. The van der Waals surface area contributed by atoms with Crippen molar-refractivity contribution >= 4 is 16.9 Å². The highest BCUT2D eigenvalue weighted by molar-refractivity contribution is 5.96. The molecule has 36 heavy (non-hydrogen) atoms. The summed E-state index contributed by atoms with van der Waals surface area (Å²) in [7, 11) is 0. The summed E-state index contributed by atoms with van der Waals surface area (Å²) in [5, 5.41) is 1.11. The molecule has 1 amide bonds. The number of carbonyl (C=O) groups excluding carboxylic acids is 1. The molecule has 8 heteroatoms.